The molecule has 2 heteroatoms. The lowest BCUT2D eigenvalue weighted by Crippen LogP contribution is -2.17. The lowest BCUT2D eigenvalue weighted by Gasteiger charge is -2.29. The molecule has 16 aromatic rings. The maximum Gasteiger partial charge on any atom is 0.0546 e. The van der Waals surface area contributed by atoms with Crippen LogP contribution in [0.1, 0.15) is 97.2 Å². The molecule has 0 heterocycles. The SMILES string of the molecule is CC1(C)c2cc(/C=C/c3ccc4c(c3)C(C)(C)c3cc(N(c5ccc(-c6ccccc6)cc5)c5cc6ccccc6c6ccccc56)ccc3-4)ccc2-c2ccc(/C=C/c3ccc4c(c3)C(C)(C)c3cc(N(c5ccc(-c6ccccc6)cc5)c5cc6ccccc6c6ccccc56)ccc3-4)cc21. The Kier molecular flexibility index (Phi) is 14.3. The number of hydrogen-bond acceptors (Lipinski definition) is 2. The molecule has 0 unspecified atom stereocenters. The van der Waals surface area contributed by atoms with E-state index in [9.17, 15) is 0 Å². The third-order valence-electron chi connectivity index (χ3n) is 23.0. The summed E-state index contributed by atoms with van der Waals surface area (Å²) >= 11 is 0. The zero-order valence-corrected chi connectivity index (χ0v) is 58.9. The van der Waals surface area contributed by atoms with Crippen LogP contribution in [-0.2, 0) is 16.2 Å². The Morgan fingerprint density at radius 1 is 0.204 bits per heavy atom. The normalized spacial score (nSPS) is 14.1. The Morgan fingerprint density at radius 3 is 0.786 bits per heavy atom. The van der Waals surface area contributed by atoms with Gasteiger partial charge in [-0.15, -0.1) is 0 Å². The molecule has 103 heavy (non-hydrogen) atoms. The highest BCUT2D eigenvalue weighted by atomic mass is 15.1. The van der Waals surface area contributed by atoms with Crippen LogP contribution in [0.2, 0.25) is 0 Å². The van der Waals surface area contributed by atoms with Crippen LogP contribution in [0.25, 0.3) is 123 Å². The van der Waals surface area contributed by atoms with Gasteiger partial charge in [-0.2, -0.15) is 0 Å². The zero-order valence-electron chi connectivity index (χ0n) is 58.9. The van der Waals surface area contributed by atoms with Crippen LogP contribution in [0.15, 0.2) is 328 Å². The first-order valence-electron chi connectivity index (χ1n) is 36.3. The van der Waals surface area contributed by atoms with Crippen molar-refractivity contribution in [2.24, 2.45) is 0 Å². The van der Waals surface area contributed by atoms with E-state index in [2.05, 4.69) is 403 Å². The quantitative estimate of drug-likeness (QED) is 0.0889. The molecule has 0 saturated heterocycles. The maximum atomic E-state index is 2.48. The summed E-state index contributed by atoms with van der Waals surface area (Å²) in [6.07, 6.45) is 9.23. The summed E-state index contributed by atoms with van der Waals surface area (Å²) in [5.74, 6) is 0. The van der Waals surface area contributed by atoms with Crippen molar-refractivity contribution >= 4 is 102 Å². The van der Waals surface area contributed by atoms with Gasteiger partial charge in [-0.05, 0) is 204 Å². The van der Waals surface area contributed by atoms with E-state index in [-0.39, 0.29) is 16.2 Å². The maximum absolute atomic E-state index is 2.48. The molecule has 0 spiro atoms. The van der Waals surface area contributed by atoms with Crippen LogP contribution in [-0.4, -0.2) is 0 Å². The number of anilines is 6. The van der Waals surface area contributed by atoms with E-state index in [1.54, 1.807) is 0 Å². The molecular formula is C101H76N2. The lowest BCUT2D eigenvalue weighted by molar-refractivity contribution is 0.660. The van der Waals surface area contributed by atoms with Crippen molar-refractivity contribution in [2.45, 2.75) is 57.8 Å². The van der Waals surface area contributed by atoms with E-state index >= 15 is 0 Å². The standard InChI is InChI=1S/C101H76N2/c1-99(2)91-57-65(33-35-67-39-53-85-87-55-49-77(63-95(87)100(3,4)93(85)59-67)102(75-45-41-71(42-46-75)69-21-9-7-10-22-69)97-61-73-25-13-15-27-79(73)81-29-17-19-31-89(81)97)37-51-83(91)84-52-38-66(58-92(84)99)34-36-68-40-54-86-88-56-50-78(64-96(88)101(5,6)94(86)60-68)103(76-47-43-72(44-48-76)70-23-11-8-12-24-70)98-62-74-26-14-16-28-80(74)82-30-18-20-32-90(82)98/h7-64H,1-6H3/b35-33+,36-34+. The van der Waals surface area contributed by atoms with Crippen LogP contribution in [0.3, 0.4) is 0 Å². The Bertz CT molecular complexity index is 5810. The van der Waals surface area contributed by atoms with Crippen molar-refractivity contribution in [3.8, 4) is 55.6 Å². The van der Waals surface area contributed by atoms with Gasteiger partial charge in [-0.1, -0.05) is 333 Å². The number of fused-ring (bicyclic) bond motifs is 15. The topological polar surface area (TPSA) is 6.48 Å². The van der Waals surface area contributed by atoms with Crippen LogP contribution in [0.5, 0.6) is 0 Å². The van der Waals surface area contributed by atoms with E-state index in [1.165, 1.54) is 154 Å². The van der Waals surface area contributed by atoms with Gasteiger partial charge >= 0.3 is 0 Å². The molecule has 2 nitrogen and oxygen atoms in total. The van der Waals surface area contributed by atoms with E-state index in [4.69, 9.17) is 0 Å². The summed E-state index contributed by atoms with van der Waals surface area (Å²) in [4.78, 5) is 4.95. The highest BCUT2D eigenvalue weighted by Crippen LogP contribution is 2.55. The summed E-state index contributed by atoms with van der Waals surface area (Å²) in [6, 6.07) is 122. The molecule has 3 aliphatic rings. The number of rotatable bonds is 12. The van der Waals surface area contributed by atoms with Gasteiger partial charge in [0, 0.05) is 49.8 Å². The van der Waals surface area contributed by atoms with Gasteiger partial charge in [-0.3, -0.25) is 0 Å². The lowest BCUT2D eigenvalue weighted by atomic mass is 9.81. The number of benzene rings is 16. The average molecular weight is 1320 g/mol. The molecule has 19 rings (SSSR count). The molecule has 0 radical (unpaired) electrons. The van der Waals surface area contributed by atoms with Crippen molar-refractivity contribution in [3.63, 3.8) is 0 Å². The molecule has 0 amide bonds. The highest BCUT2D eigenvalue weighted by molar-refractivity contribution is 6.16. The van der Waals surface area contributed by atoms with E-state index in [1.807, 2.05) is 0 Å². The fourth-order valence-corrected chi connectivity index (χ4v) is 17.5. The monoisotopic (exact) mass is 1320 g/mol. The second-order valence-corrected chi connectivity index (χ2v) is 30.0. The third kappa shape index (κ3) is 10.2. The van der Waals surface area contributed by atoms with Gasteiger partial charge in [0.05, 0.1) is 11.4 Å². The first-order chi connectivity index (χ1) is 50.3. The summed E-state index contributed by atoms with van der Waals surface area (Å²) < 4.78 is 0. The molecule has 0 saturated carbocycles. The fraction of sp³-hybridized carbons (Fsp3) is 0.0891. The summed E-state index contributed by atoms with van der Waals surface area (Å²) in [7, 11) is 0. The van der Waals surface area contributed by atoms with Gasteiger partial charge < -0.3 is 9.80 Å². The molecule has 0 aliphatic heterocycles. The second-order valence-electron chi connectivity index (χ2n) is 30.0. The average Bonchev–Trinajstić information content (AvgIpc) is 1.72. The smallest absolute Gasteiger partial charge is 0.0546 e. The van der Waals surface area contributed by atoms with Crippen LogP contribution in [0.4, 0.5) is 34.1 Å². The molecular weight excluding hydrogens is 1240 g/mol. The molecule has 0 N–H and O–H groups in total. The van der Waals surface area contributed by atoms with Crippen LogP contribution >= 0.6 is 0 Å². The van der Waals surface area contributed by atoms with Gasteiger partial charge in [0.25, 0.3) is 0 Å². The van der Waals surface area contributed by atoms with E-state index < -0.39 is 0 Å². The largest absolute Gasteiger partial charge is 0.310 e. The summed E-state index contributed by atoms with van der Waals surface area (Å²) in [5, 5.41) is 9.91. The molecule has 0 aromatic heterocycles. The van der Waals surface area contributed by atoms with Crippen LogP contribution in [0, 0.1) is 0 Å². The minimum absolute atomic E-state index is 0.187. The zero-order chi connectivity index (χ0) is 69.3. The Labute approximate surface area is 604 Å². The number of hydrogen-bond donors (Lipinski definition) is 0. The Balaban J connectivity index is 0.583. The fourth-order valence-electron chi connectivity index (χ4n) is 17.5. The van der Waals surface area contributed by atoms with Crippen molar-refractivity contribution in [3.05, 3.63) is 383 Å². The van der Waals surface area contributed by atoms with Crippen molar-refractivity contribution in [1.29, 1.82) is 0 Å². The molecule has 16 aromatic carbocycles. The van der Waals surface area contributed by atoms with Gasteiger partial charge in [0.2, 0.25) is 0 Å². The Hall–Kier alpha value is -12.4. The third-order valence-corrected chi connectivity index (χ3v) is 23.0. The predicted octanol–water partition coefficient (Wildman–Crippen LogP) is 27.8. The van der Waals surface area contributed by atoms with Gasteiger partial charge in [0.15, 0.2) is 0 Å². The second kappa shape index (κ2) is 23.9. The first kappa shape index (κ1) is 61.7. The molecule has 3 aliphatic carbocycles. The van der Waals surface area contributed by atoms with E-state index in [0.29, 0.717) is 0 Å². The number of nitrogens with zero attached hydrogens (tertiary/aromatic N) is 2. The molecule has 0 atom stereocenters. The van der Waals surface area contributed by atoms with Crippen LogP contribution < -0.4 is 9.80 Å². The van der Waals surface area contributed by atoms with Crippen molar-refractivity contribution in [1.82, 2.24) is 0 Å². The minimum atomic E-state index is -0.245. The minimum Gasteiger partial charge on any atom is -0.310 e. The van der Waals surface area contributed by atoms with Gasteiger partial charge in [-0.25, -0.2) is 0 Å². The molecule has 0 fully saturated rings. The van der Waals surface area contributed by atoms with E-state index in [0.717, 1.165) is 34.1 Å². The van der Waals surface area contributed by atoms with Gasteiger partial charge in [0.1, 0.15) is 0 Å². The molecule has 490 valence electrons. The molecule has 0 bridgehead atoms. The summed E-state index contributed by atoms with van der Waals surface area (Å²) in [6.45, 7) is 14.4. The summed E-state index contributed by atoms with van der Waals surface area (Å²) in [5.41, 5.74) is 31.7. The predicted molar refractivity (Wildman–Crippen MR) is 440 cm³/mol. The van der Waals surface area contributed by atoms with Crippen molar-refractivity contribution in [2.75, 3.05) is 9.80 Å². The highest BCUT2D eigenvalue weighted by Gasteiger charge is 2.39. The van der Waals surface area contributed by atoms with Crippen molar-refractivity contribution < 1.29 is 0 Å². The first-order valence-corrected chi connectivity index (χ1v) is 36.3. The Morgan fingerprint density at radius 2 is 0.456 bits per heavy atom.